The number of rotatable bonds is 4. The fourth-order valence-electron chi connectivity index (χ4n) is 2.07. The number of carbonyl (C=O) groups is 1. The van der Waals surface area contributed by atoms with Crippen LogP contribution in [0.1, 0.15) is 32.6 Å². The topological polar surface area (TPSA) is 72.3 Å². The van der Waals surface area contributed by atoms with Gasteiger partial charge in [0.2, 0.25) is 5.91 Å². The van der Waals surface area contributed by atoms with Crippen LogP contribution in [-0.4, -0.2) is 36.0 Å². The van der Waals surface area contributed by atoms with Gasteiger partial charge in [0.1, 0.15) is 5.54 Å². The van der Waals surface area contributed by atoms with Gasteiger partial charge in [-0.25, -0.2) is 0 Å². The number of hydrogen-bond donors (Lipinski definition) is 2. The third-order valence-corrected chi connectivity index (χ3v) is 3.09. The molecule has 0 bridgehead atoms. The molecule has 1 atom stereocenters. The van der Waals surface area contributed by atoms with Crippen molar-refractivity contribution in [3.8, 4) is 0 Å². The van der Waals surface area contributed by atoms with E-state index in [1.54, 1.807) is 6.92 Å². The van der Waals surface area contributed by atoms with E-state index in [0.29, 0.717) is 12.6 Å². The Morgan fingerprint density at radius 2 is 2.00 bits per heavy atom. The normalized spacial score (nSPS) is 22.6. The van der Waals surface area contributed by atoms with Crippen LogP contribution < -0.4 is 11.5 Å². The van der Waals surface area contributed by atoms with Crippen LogP contribution in [0.5, 0.6) is 0 Å². The molecule has 4 heteroatoms. The first-order chi connectivity index (χ1) is 6.43. The summed E-state index contributed by atoms with van der Waals surface area (Å²) in [4.78, 5) is 13.2. The highest BCUT2D eigenvalue weighted by atomic mass is 16.1. The minimum Gasteiger partial charge on any atom is -0.368 e. The number of nitrogens with two attached hydrogens (primary N) is 2. The molecular formula is C10H21N3O. The molecule has 1 aliphatic carbocycles. The van der Waals surface area contributed by atoms with Crippen molar-refractivity contribution in [2.75, 3.05) is 13.6 Å². The van der Waals surface area contributed by atoms with Gasteiger partial charge in [0.05, 0.1) is 0 Å². The molecule has 0 saturated heterocycles. The number of primary amides is 1. The fourth-order valence-corrected chi connectivity index (χ4v) is 2.07. The first kappa shape index (κ1) is 11.5. The Balaban J connectivity index is 2.46. The van der Waals surface area contributed by atoms with Crippen LogP contribution in [0.15, 0.2) is 0 Å². The molecule has 0 aromatic rings. The number of likely N-dealkylation sites (N-methyl/N-ethyl adjacent to an activating group) is 1. The van der Waals surface area contributed by atoms with E-state index in [4.69, 9.17) is 11.5 Å². The molecule has 1 fully saturated rings. The van der Waals surface area contributed by atoms with E-state index in [1.165, 1.54) is 25.7 Å². The maximum absolute atomic E-state index is 11.0. The van der Waals surface area contributed by atoms with Crippen molar-refractivity contribution in [2.24, 2.45) is 11.5 Å². The zero-order valence-electron chi connectivity index (χ0n) is 9.12. The van der Waals surface area contributed by atoms with Crippen molar-refractivity contribution >= 4 is 5.91 Å². The van der Waals surface area contributed by atoms with E-state index in [1.807, 2.05) is 7.05 Å². The van der Waals surface area contributed by atoms with Crippen LogP contribution in [0.25, 0.3) is 0 Å². The predicted octanol–water partition coefficient (Wildman–Crippen LogP) is 0.0635. The van der Waals surface area contributed by atoms with Crippen LogP contribution in [0.2, 0.25) is 0 Å². The molecule has 0 aliphatic heterocycles. The van der Waals surface area contributed by atoms with Gasteiger partial charge in [0.15, 0.2) is 0 Å². The van der Waals surface area contributed by atoms with Gasteiger partial charge in [0.25, 0.3) is 0 Å². The van der Waals surface area contributed by atoms with Gasteiger partial charge in [-0.05, 0) is 26.8 Å². The van der Waals surface area contributed by atoms with E-state index in [2.05, 4.69) is 4.90 Å². The highest BCUT2D eigenvalue weighted by molar-refractivity contribution is 5.84. The Hall–Kier alpha value is -0.610. The van der Waals surface area contributed by atoms with Gasteiger partial charge in [-0.15, -0.1) is 0 Å². The van der Waals surface area contributed by atoms with Gasteiger partial charge in [0, 0.05) is 12.6 Å². The lowest BCUT2D eigenvalue weighted by molar-refractivity contribution is -0.123. The van der Waals surface area contributed by atoms with E-state index in [-0.39, 0.29) is 0 Å². The Morgan fingerprint density at radius 1 is 1.50 bits per heavy atom. The second-order valence-electron chi connectivity index (χ2n) is 4.64. The van der Waals surface area contributed by atoms with E-state index >= 15 is 0 Å². The summed E-state index contributed by atoms with van der Waals surface area (Å²) in [6, 6.07) is 0.581. The Labute approximate surface area is 85.6 Å². The third kappa shape index (κ3) is 2.69. The molecule has 4 N–H and O–H groups in total. The molecule has 4 nitrogen and oxygen atoms in total. The van der Waals surface area contributed by atoms with Crippen molar-refractivity contribution in [2.45, 2.75) is 44.2 Å². The molecule has 1 saturated carbocycles. The fraction of sp³-hybridized carbons (Fsp3) is 0.900. The molecule has 0 radical (unpaired) electrons. The molecule has 14 heavy (non-hydrogen) atoms. The number of amides is 1. The minimum absolute atomic E-state index is 0.428. The maximum Gasteiger partial charge on any atom is 0.238 e. The second-order valence-corrected chi connectivity index (χ2v) is 4.64. The summed E-state index contributed by atoms with van der Waals surface area (Å²) in [5.41, 5.74) is 10.1. The summed E-state index contributed by atoms with van der Waals surface area (Å²) >= 11 is 0. The van der Waals surface area contributed by atoms with Gasteiger partial charge >= 0.3 is 0 Å². The van der Waals surface area contributed by atoms with E-state index < -0.39 is 11.4 Å². The molecule has 0 spiro atoms. The molecule has 0 aromatic carbocycles. The quantitative estimate of drug-likeness (QED) is 0.672. The first-order valence-electron chi connectivity index (χ1n) is 5.22. The zero-order valence-corrected chi connectivity index (χ0v) is 9.12. The standard InChI is InChI=1S/C10H21N3O/c1-10(12,9(11)14)7-13(2)8-5-3-4-6-8/h8H,3-7,12H2,1-2H3,(H2,11,14). The van der Waals surface area contributed by atoms with Crippen LogP contribution in [0, 0.1) is 0 Å². The zero-order chi connectivity index (χ0) is 10.8. The number of nitrogens with zero attached hydrogens (tertiary/aromatic N) is 1. The molecule has 1 rings (SSSR count). The summed E-state index contributed by atoms with van der Waals surface area (Å²) in [6.45, 7) is 2.24. The molecule has 1 aliphatic rings. The molecule has 82 valence electrons. The molecule has 1 unspecified atom stereocenters. The monoisotopic (exact) mass is 199 g/mol. The van der Waals surface area contributed by atoms with Gasteiger partial charge < -0.3 is 16.4 Å². The van der Waals surface area contributed by atoms with Crippen molar-refractivity contribution in [3.05, 3.63) is 0 Å². The highest BCUT2D eigenvalue weighted by Gasteiger charge is 2.30. The highest BCUT2D eigenvalue weighted by Crippen LogP contribution is 2.23. The van der Waals surface area contributed by atoms with Crippen LogP contribution in [-0.2, 0) is 4.79 Å². The van der Waals surface area contributed by atoms with E-state index in [0.717, 1.165) is 0 Å². The lowest BCUT2D eigenvalue weighted by Crippen LogP contribution is -2.57. The summed E-state index contributed by atoms with van der Waals surface area (Å²) in [5, 5.41) is 0. The van der Waals surface area contributed by atoms with Crippen molar-refractivity contribution in [1.29, 1.82) is 0 Å². The molecular weight excluding hydrogens is 178 g/mol. The lowest BCUT2D eigenvalue weighted by atomic mass is 10.0. The van der Waals surface area contributed by atoms with Crippen molar-refractivity contribution < 1.29 is 4.79 Å². The molecule has 1 amide bonds. The minimum atomic E-state index is -0.905. The van der Waals surface area contributed by atoms with Crippen LogP contribution >= 0.6 is 0 Å². The summed E-state index contributed by atoms with van der Waals surface area (Å²) in [6.07, 6.45) is 5.00. The summed E-state index contributed by atoms with van der Waals surface area (Å²) < 4.78 is 0. The van der Waals surface area contributed by atoms with Gasteiger partial charge in [-0.3, -0.25) is 4.79 Å². The maximum atomic E-state index is 11.0. The van der Waals surface area contributed by atoms with Crippen molar-refractivity contribution in [1.82, 2.24) is 4.90 Å². The predicted molar refractivity (Wildman–Crippen MR) is 56.7 cm³/mol. The third-order valence-electron chi connectivity index (χ3n) is 3.09. The Kier molecular flexibility index (Phi) is 3.50. The van der Waals surface area contributed by atoms with Crippen LogP contribution in [0.4, 0.5) is 0 Å². The summed E-state index contributed by atoms with van der Waals surface area (Å²) in [5.74, 6) is -0.428. The largest absolute Gasteiger partial charge is 0.368 e. The average molecular weight is 199 g/mol. The van der Waals surface area contributed by atoms with Gasteiger partial charge in [-0.2, -0.15) is 0 Å². The Bertz CT molecular complexity index is 209. The van der Waals surface area contributed by atoms with Crippen molar-refractivity contribution in [3.63, 3.8) is 0 Å². The SMILES string of the molecule is CN(CC(C)(N)C(N)=O)C1CCCC1. The first-order valence-corrected chi connectivity index (χ1v) is 5.22. The van der Waals surface area contributed by atoms with Gasteiger partial charge in [-0.1, -0.05) is 12.8 Å². The lowest BCUT2D eigenvalue weighted by Gasteiger charge is -2.31. The Morgan fingerprint density at radius 3 is 2.43 bits per heavy atom. The number of hydrogen-bond acceptors (Lipinski definition) is 3. The summed E-state index contributed by atoms with van der Waals surface area (Å²) in [7, 11) is 2.02. The molecule has 0 aromatic heterocycles. The molecule has 0 heterocycles. The van der Waals surface area contributed by atoms with Crippen LogP contribution in [0.3, 0.4) is 0 Å². The average Bonchev–Trinajstić information content (AvgIpc) is 2.54. The number of carbonyl (C=O) groups excluding carboxylic acids is 1. The smallest absolute Gasteiger partial charge is 0.238 e. The second kappa shape index (κ2) is 4.28. The van der Waals surface area contributed by atoms with E-state index in [9.17, 15) is 4.79 Å².